The molecule has 0 saturated heterocycles. The highest BCUT2D eigenvalue weighted by molar-refractivity contribution is 5.93. The number of fused-ring (bicyclic) bond motifs is 1. The predicted octanol–water partition coefficient (Wildman–Crippen LogP) is 1.74. The molecular weight excluding hydrogens is 148 g/mol. The highest BCUT2D eigenvalue weighted by Crippen LogP contribution is 2.48. The van der Waals surface area contributed by atoms with E-state index >= 15 is 0 Å². The minimum absolute atomic E-state index is 0.00174. The summed E-state index contributed by atoms with van der Waals surface area (Å²) < 4.78 is 0. The maximum absolute atomic E-state index is 4.51. The van der Waals surface area contributed by atoms with E-state index < -0.39 is 0 Å². The molecule has 0 aromatic rings. The van der Waals surface area contributed by atoms with E-state index in [1.54, 1.807) is 6.34 Å². The summed E-state index contributed by atoms with van der Waals surface area (Å²) in [6.45, 7) is 0. The van der Waals surface area contributed by atoms with Gasteiger partial charge in [-0.25, -0.2) is 4.99 Å². The monoisotopic (exact) mass is 158 g/mol. The van der Waals surface area contributed by atoms with Gasteiger partial charge in [-0.05, 0) is 18.8 Å². The van der Waals surface area contributed by atoms with Crippen LogP contribution >= 0.6 is 0 Å². The Kier molecular flexibility index (Phi) is 1.03. The molecule has 0 radical (unpaired) electrons. The van der Waals surface area contributed by atoms with Gasteiger partial charge in [0.2, 0.25) is 0 Å². The minimum Gasteiger partial charge on any atom is -0.258 e. The number of hydrogen-bond acceptors (Lipinski definition) is 2. The zero-order chi connectivity index (χ0) is 8.02. The van der Waals surface area contributed by atoms with Crippen LogP contribution in [0.15, 0.2) is 33.8 Å². The van der Waals surface area contributed by atoms with Crippen LogP contribution in [0.25, 0.3) is 0 Å². The average Bonchev–Trinajstić information content (AvgIpc) is 2.86. The molecule has 0 N–H and O–H groups in total. The van der Waals surface area contributed by atoms with Crippen LogP contribution in [0.5, 0.6) is 0 Å². The van der Waals surface area contributed by atoms with E-state index in [9.17, 15) is 0 Å². The molecule has 1 saturated carbocycles. The Morgan fingerprint density at radius 3 is 3.17 bits per heavy atom. The Labute approximate surface area is 71.4 Å². The van der Waals surface area contributed by atoms with Crippen molar-refractivity contribution in [1.29, 1.82) is 0 Å². The van der Waals surface area contributed by atoms with Gasteiger partial charge in [-0.15, -0.1) is 0 Å². The van der Waals surface area contributed by atoms with Crippen LogP contribution in [0.2, 0.25) is 0 Å². The Balaban J connectivity index is 2.11. The van der Waals surface area contributed by atoms with Crippen molar-refractivity contribution in [1.82, 2.24) is 0 Å². The fourth-order valence-corrected chi connectivity index (χ4v) is 2.04. The third-order valence-electron chi connectivity index (χ3n) is 2.84. The first kappa shape index (κ1) is 6.35. The fraction of sp³-hybridized carbons (Fsp3) is 0.400. The summed E-state index contributed by atoms with van der Waals surface area (Å²) in [5, 5.41) is 0. The second-order valence-electron chi connectivity index (χ2n) is 3.60. The second-order valence-corrected chi connectivity index (χ2v) is 3.60. The van der Waals surface area contributed by atoms with Crippen LogP contribution < -0.4 is 0 Å². The smallest absolute Gasteiger partial charge is 0.111 e. The number of nitrogens with zero attached hydrogens (tertiary/aromatic N) is 2. The van der Waals surface area contributed by atoms with Crippen LogP contribution in [0.4, 0.5) is 0 Å². The first-order chi connectivity index (χ1) is 5.92. The third-order valence-corrected chi connectivity index (χ3v) is 2.84. The zero-order valence-corrected chi connectivity index (χ0v) is 6.77. The lowest BCUT2D eigenvalue weighted by Gasteiger charge is -2.25. The van der Waals surface area contributed by atoms with Crippen molar-refractivity contribution in [3.8, 4) is 0 Å². The topological polar surface area (TPSA) is 24.7 Å². The van der Waals surface area contributed by atoms with Gasteiger partial charge in [0.25, 0.3) is 0 Å². The molecule has 2 nitrogen and oxygen atoms in total. The molecule has 12 heavy (non-hydrogen) atoms. The van der Waals surface area contributed by atoms with Gasteiger partial charge in [0, 0.05) is 11.8 Å². The van der Waals surface area contributed by atoms with E-state index in [0.29, 0.717) is 0 Å². The van der Waals surface area contributed by atoms with Crippen molar-refractivity contribution in [2.24, 2.45) is 15.9 Å². The summed E-state index contributed by atoms with van der Waals surface area (Å²) in [4.78, 5) is 8.56. The van der Waals surface area contributed by atoms with Crippen molar-refractivity contribution in [3.05, 3.63) is 23.8 Å². The third kappa shape index (κ3) is 0.649. The number of allylic oxidation sites excluding steroid dienone is 2. The van der Waals surface area contributed by atoms with Crippen molar-refractivity contribution in [2.75, 3.05) is 0 Å². The largest absolute Gasteiger partial charge is 0.258 e. The predicted molar refractivity (Wildman–Crippen MR) is 49.7 cm³/mol. The molecule has 3 aliphatic rings. The van der Waals surface area contributed by atoms with E-state index in [-0.39, 0.29) is 5.54 Å². The molecular formula is C10H10N2. The molecule has 1 unspecified atom stereocenters. The molecule has 2 heteroatoms. The Morgan fingerprint density at radius 1 is 1.42 bits per heavy atom. The second kappa shape index (κ2) is 1.94. The van der Waals surface area contributed by atoms with Crippen LogP contribution in [0, 0.1) is 5.92 Å². The maximum Gasteiger partial charge on any atom is 0.111 e. The quantitative estimate of drug-likeness (QED) is 0.555. The van der Waals surface area contributed by atoms with Gasteiger partial charge in [0.1, 0.15) is 11.9 Å². The molecule has 60 valence electrons. The molecule has 1 atom stereocenters. The van der Waals surface area contributed by atoms with Gasteiger partial charge in [-0.1, -0.05) is 18.2 Å². The van der Waals surface area contributed by atoms with Gasteiger partial charge in [0.05, 0.1) is 0 Å². The number of hydrogen-bond donors (Lipinski definition) is 0. The Morgan fingerprint density at radius 2 is 2.33 bits per heavy atom. The minimum atomic E-state index is 0.00174. The molecule has 1 fully saturated rings. The molecule has 0 aromatic heterocycles. The molecule has 0 spiro atoms. The van der Waals surface area contributed by atoms with Crippen molar-refractivity contribution in [3.63, 3.8) is 0 Å². The normalized spacial score (nSPS) is 36.8. The van der Waals surface area contributed by atoms with Gasteiger partial charge in [-0.3, -0.25) is 4.99 Å². The van der Waals surface area contributed by atoms with Crippen LogP contribution in [-0.2, 0) is 0 Å². The average molecular weight is 158 g/mol. The maximum atomic E-state index is 4.51. The molecule has 1 aliphatic heterocycles. The van der Waals surface area contributed by atoms with E-state index in [1.807, 2.05) is 6.21 Å². The van der Waals surface area contributed by atoms with Gasteiger partial charge in [-0.2, -0.15) is 0 Å². The molecule has 3 rings (SSSR count). The lowest BCUT2D eigenvalue weighted by atomic mass is 9.88. The van der Waals surface area contributed by atoms with Crippen molar-refractivity contribution < 1.29 is 0 Å². The highest BCUT2D eigenvalue weighted by Gasteiger charge is 2.47. The van der Waals surface area contributed by atoms with Gasteiger partial charge >= 0.3 is 0 Å². The summed E-state index contributed by atoms with van der Waals surface area (Å²) in [6, 6.07) is 0. The zero-order valence-electron chi connectivity index (χ0n) is 6.77. The fourth-order valence-electron chi connectivity index (χ4n) is 2.04. The summed E-state index contributed by atoms with van der Waals surface area (Å²) in [6.07, 6.45) is 12.7. The Bertz CT molecular complexity index is 332. The SMILES string of the molecule is C1=CC2(C3CC3)N=CN=CC2=C1. The molecule has 2 aliphatic carbocycles. The first-order valence-electron chi connectivity index (χ1n) is 4.39. The lowest BCUT2D eigenvalue weighted by Crippen LogP contribution is -2.30. The summed E-state index contributed by atoms with van der Waals surface area (Å²) in [5.41, 5.74) is 1.27. The van der Waals surface area contributed by atoms with Crippen LogP contribution in [-0.4, -0.2) is 18.1 Å². The number of rotatable bonds is 1. The highest BCUT2D eigenvalue weighted by atomic mass is 15.0. The van der Waals surface area contributed by atoms with Gasteiger partial charge in [0.15, 0.2) is 0 Å². The summed E-state index contributed by atoms with van der Waals surface area (Å²) in [5.74, 6) is 0.741. The van der Waals surface area contributed by atoms with Crippen molar-refractivity contribution in [2.45, 2.75) is 18.4 Å². The van der Waals surface area contributed by atoms with Gasteiger partial charge < -0.3 is 0 Å². The van der Waals surface area contributed by atoms with E-state index in [0.717, 1.165) is 5.92 Å². The summed E-state index contributed by atoms with van der Waals surface area (Å²) >= 11 is 0. The standard InChI is InChI=1S/C10H10N2/c1-2-9-6-11-7-12-10(9,5-1)8-3-4-8/h1-2,5-8H,3-4H2. The molecule has 0 aromatic carbocycles. The molecule has 0 amide bonds. The Hall–Kier alpha value is -1.18. The van der Waals surface area contributed by atoms with Crippen molar-refractivity contribution >= 4 is 12.6 Å². The van der Waals surface area contributed by atoms with E-state index in [2.05, 4.69) is 28.2 Å². The molecule has 1 heterocycles. The summed E-state index contributed by atoms with van der Waals surface area (Å²) in [7, 11) is 0. The van der Waals surface area contributed by atoms with Crippen LogP contribution in [0.1, 0.15) is 12.8 Å². The van der Waals surface area contributed by atoms with Crippen LogP contribution in [0.3, 0.4) is 0 Å². The molecule has 0 bridgehead atoms. The van der Waals surface area contributed by atoms with E-state index in [1.165, 1.54) is 18.4 Å². The first-order valence-corrected chi connectivity index (χ1v) is 4.39. The van der Waals surface area contributed by atoms with E-state index in [4.69, 9.17) is 0 Å². The number of aliphatic imine (C=N–C) groups is 2. The lowest BCUT2D eigenvalue weighted by molar-refractivity contribution is 0.565.